The predicted molar refractivity (Wildman–Crippen MR) is 61.4 cm³/mol. The van der Waals surface area contributed by atoms with Crippen molar-refractivity contribution in [1.82, 2.24) is 0 Å². The van der Waals surface area contributed by atoms with E-state index in [1.54, 1.807) is 18.2 Å². The van der Waals surface area contributed by atoms with Crippen LogP contribution in [0.25, 0.3) is 0 Å². The number of nitro groups is 1. The molecule has 1 aromatic carbocycles. The minimum absolute atomic E-state index is 0.0295. The van der Waals surface area contributed by atoms with Gasteiger partial charge < -0.3 is 10.2 Å². The van der Waals surface area contributed by atoms with Gasteiger partial charge >= 0.3 is 5.69 Å². The molecule has 1 aliphatic rings. The van der Waals surface area contributed by atoms with Crippen LogP contribution in [0.1, 0.15) is 0 Å². The van der Waals surface area contributed by atoms with Gasteiger partial charge in [-0.3, -0.25) is 16.0 Å². The Morgan fingerprint density at radius 3 is 2.81 bits per heavy atom. The molecule has 0 saturated carbocycles. The minimum Gasteiger partial charge on any atom is -0.379 e. The van der Waals surface area contributed by atoms with E-state index in [0.717, 1.165) is 0 Å². The molecule has 1 aromatic rings. The quantitative estimate of drug-likeness (QED) is 0.470. The van der Waals surface area contributed by atoms with E-state index in [1.165, 1.54) is 11.8 Å². The number of nitrogens with one attached hydrogen (secondary N) is 1. The molecule has 86 valence electrons. The van der Waals surface area contributed by atoms with Gasteiger partial charge in [-0.15, -0.1) is 11.8 Å². The summed E-state index contributed by atoms with van der Waals surface area (Å²) >= 11 is 1.45. The van der Waals surface area contributed by atoms with Crippen molar-refractivity contribution in [3.63, 3.8) is 0 Å². The summed E-state index contributed by atoms with van der Waals surface area (Å²) in [6.07, 6.45) is 0. The van der Waals surface area contributed by atoms with Crippen LogP contribution < -0.4 is 11.3 Å². The van der Waals surface area contributed by atoms with Crippen molar-refractivity contribution in [3.05, 3.63) is 28.3 Å². The number of nitrogens with two attached hydrogens (primary N) is 1. The molecular weight excluding hydrogens is 230 g/mol. The molecule has 0 amide bonds. The molecule has 6 nitrogen and oxygen atoms in total. The maximum Gasteiger partial charge on any atom is 0.307 e. The highest BCUT2D eigenvalue weighted by molar-refractivity contribution is 8.00. The molecule has 0 unspecified atom stereocenters. The first-order valence-electron chi connectivity index (χ1n) is 4.71. The number of nitrogen functional groups attached to an aromatic ring is 1. The molecule has 16 heavy (non-hydrogen) atoms. The molecule has 0 radical (unpaired) electrons. The van der Waals surface area contributed by atoms with Gasteiger partial charge in [0.15, 0.2) is 0 Å². The van der Waals surface area contributed by atoms with Crippen LogP contribution in [-0.4, -0.2) is 23.4 Å². The van der Waals surface area contributed by atoms with E-state index in [2.05, 4.69) is 5.43 Å². The molecule has 2 rings (SSSR count). The second-order valence-electron chi connectivity index (χ2n) is 3.33. The number of nitrogens with zero attached hydrogens (tertiary/aromatic N) is 1. The average molecular weight is 241 g/mol. The van der Waals surface area contributed by atoms with E-state index in [9.17, 15) is 10.1 Å². The van der Waals surface area contributed by atoms with Gasteiger partial charge in [-0.05, 0) is 12.1 Å². The van der Waals surface area contributed by atoms with Crippen molar-refractivity contribution in [2.45, 2.75) is 10.1 Å². The maximum atomic E-state index is 11.0. The van der Waals surface area contributed by atoms with E-state index in [0.29, 0.717) is 29.0 Å². The van der Waals surface area contributed by atoms with Crippen molar-refractivity contribution in [2.75, 3.05) is 18.6 Å². The van der Waals surface area contributed by atoms with Crippen LogP contribution in [0.15, 0.2) is 23.1 Å². The summed E-state index contributed by atoms with van der Waals surface area (Å²) in [6, 6.07) is 5.05. The lowest BCUT2D eigenvalue weighted by Crippen LogP contribution is -2.30. The van der Waals surface area contributed by atoms with Crippen molar-refractivity contribution in [1.29, 1.82) is 0 Å². The van der Waals surface area contributed by atoms with Crippen molar-refractivity contribution < 1.29 is 9.66 Å². The monoisotopic (exact) mass is 241 g/mol. The number of nitro benzene ring substituents is 1. The third-order valence-electron chi connectivity index (χ3n) is 2.24. The molecule has 1 aliphatic heterocycles. The topological polar surface area (TPSA) is 90.4 Å². The molecule has 0 aliphatic carbocycles. The smallest absolute Gasteiger partial charge is 0.307 e. The van der Waals surface area contributed by atoms with E-state index >= 15 is 0 Å². The Kier molecular flexibility index (Phi) is 3.28. The summed E-state index contributed by atoms with van der Waals surface area (Å²) in [4.78, 5) is 11.2. The number of para-hydroxylation sites is 1. The molecule has 7 heteroatoms. The van der Waals surface area contributed by atoms with Gasteiger partial charge in [0.05, 0.1) is 28.3 Å². The zero-order valence-corrected chi connectivity index (χ0v) is 9.20. The molecule has 1 saturated heterocycles. The van der Waals surface area contributed by atoms with Crippen LogP contribution in [-0.2, 0) is 4.74 Å². The van der Waals surface area contributed by atoms with Crippen molar-refractivity contribution >= 4 is 23.1 Å². The van der Waals surface area contributed by atoms with E-state index in [4.69, 9.17) is 10.6 Å². The molecule has 0 atom stereocenters. The summed E-state index contributed by atoms with van der Waals surface area (Å²) in [5, 5.41) is 11.3. The Balaban J connectivity index is 2.30. The Labute approximate surface area is 96.3 Å². The zero-order chi connectivity index (χ0) is 11.5. The van der Waals surface area contributed by atoms with Gasteiger partial charge in [-0.1, -0.05) is 6.07 Å². The summed E-state index contributed by atoms with van der Waals surface area (Å²) in [5.74, 6) is 5.25. The fourth-order valence-corrected chi connectivity index (χ4v) is 2.52. The number of rotatable bonds is 4. The summed E-state index contributed by atoms with van der Waals surface area (Å²) in [6.45, 7) is 1.28. The maximum absolute atomic E-state index is 11.0. The number of benzene rings is 1. The van der Waals surface area contributed by atoms with E-state index in [-0.39, 0.29) is 5.69 Å². The number of ether oxygens (including phenoxy) is 1. The fraction of sp³-hybridized carbons (Fsp3) is 0.333. The highest BCUT2D eigenvalue weighted by Crippen LogP contribution is 2.38. The molecule has 1 heterocycles. The van der Waals surface area contributed by atoms with Crippen molar-refractivity contribution in [2.24, 2.45) is 5.84 Å². The van der Waals surface area contributed by atoms with Gasteiger partial charge in [0.1, 0.15) is 5.69 Å². The van der Waals surface area contributed by atoms with E-state index < -0.39 is 4.92 Å². The highest BCUT2D eigenvalue weighted by Gasteiger charge is 2.26. The largest absolute Gasteiger partial charge is 0.379 e. The first kappa shape index (κ1) is 11.2. The summed E-state index contributed by atoms with van der Waals surface area (Å²) in [5.41, 5.74) is 2.70. The lowest BCUT2D eigenvalue weighted by Gasteiger charge is -2.25. The van der Waals surface area contributed by atoms with Gasteiger partial charge in [-0.2, -0.15) is 0 Å². The van der Waals surface area contributed by atoms with Crippen molar-refractivity contribution in [3.8, 4) is 0 Å². The van der Waals surface area contributed by atoms with Crippen LogP contribution in [0.2, 0.25) is 0 Å². The second-order valence-corrected chi connectivity index (χ2v) is 4.67. The number of anilines is 1. The zero-order valence-electron chi connectivity index (χ0n) is 8.38. The predicted octanol–water partition coefficient (Wildman–Crippen LogP) is 1.37. The van der Waals surface area contributed by atoms with Gasteiger partial charge in [-0.25, -0.2) is 0 Å². The SMILES string of the molecule is NNc1cccc(SC2COC2)c1[N+](=O)[O-]. The van der Waals surface area contributed by atoms with Crippen LogP contribution in [0, 0.1) is 10.1 Å². The van der Waals surface area contributed by atoms with Crippen LogP contribution in [0.3, 0.4) is 0 Å². The van der Waals surface area contributed by atoms with Crippen LogP contribution in [0.5, 0.6) is 0 Å². The first-order chi connectivity index (χ1) is 7.72. The lowest BCUT2D eigenvalue weighted by atomic mass is 10.3. The normalized spacial score (nSPS) is 15.6. The Hall–Kier alpha value is -1.31. The average Bonchev–Trinajstić information content (AvgIpc) is 2.22. The molecule has 0 bridgehead atoms. The lowest BCUT2D eigenvalue weighted by molar-refractivity contribution is -0.386. The molecule has 3 N–H and O–H groups in total. The Morgan fingerprint density at radius 1 is 1.56 bits per heavy atom. The molecule has 1 fully saturated rings. The standard InChI is InChI=1S/C9H11N3O3S/c10-11-7-2-1-3-8(9(7)12(13)14)16-6-4-15-5-6/h1-3,6,11H,4-5,10H2. The fourth-order valence-electron chi connectivity index (χ4n) is 1.38. The summed E-state index contributed by atoms with van der Waals surface area (Å²) in [7, 11) is 0. The Morgan fingerprint density at radius 2 is 2.31 bits per heavy atom. The number of hydrogen-bond donors (Lipinski definition) is 2. The van der Waals surface area contributed by atoms with E-state index in [1.807, 2.05) is 0 Å². The highest BCUT2D eigenvalue weighted by atomic mass is 32.2. The van der Waals surface area contributed by atoms with Gasteiger partial charge in [0.25, 0.3) is 0 Å². The second kappa shape index (κ2) is 4.69. The Bertz CT molecular complexity index is 409. The molecular formula is C9H11N3O3S. The van der Waals surface area contributed by atoms with Crippen LogP contribution >= 0.6 is 11.8 Å². The van der Waals surface area contributed by atoms with Gasteiger partial charge in [0.2, 0.25) is 0 Å². The number of thioether (sulfide) groups is 1. The van der Waals surface area contributed by atoms with Crippen LogP contribution in [0.4, 0.5) is 11.4 Å². The van der Waals surface area contributed by atoms with Gasteiger partial charge in [0, 0.05) is 0 Å². The number of hydrogen-bond acceptors (Lipinski definition) is 6. The third-order valence-corrected chi connectivity index (χ3v) is 3.43. The first-order valence-corrected chi connectivity index (χ1v) is 5.58. The molecule has 0 spiro atoms. The molecule has 0 aromatic heterocycles. The minimum atomic E-state index is -0.420. The summed E-state index contributed by atoms with van der Waals surface area (Å²) < 4.78 is 5.03. The third kappa shape index (κ3) is 2.11. The number of hydrazine groups is 1.